The van der Waals surface area contributed by atoms with Crippen LogP contribution in [0.25, 0.3) is 0 Å². The van der Waals surface area contributed by atoms with Crippen molar-refractivity contribution in [2.24, 2.45) is 5.73 Å². The Morgan fingerprint density at radius 1 is 1.30 bits per heavy atom. The summed E-state index contributed by atoms with van der Waals surface area (Å²) in [5, 5.41) is 0. The molecule has 1 aromatic carbocycles. The van der Waals surface area contributed by atoms with Crippen LogP contribution in [0.15, 0.2) is 42.6 Å². The summed E-state index contributed by atoms with van der Waals surface area (Å²) in [5.41, 5.74) is 8.98. The number of hydrogen-bond donors (Lipinski definition) is 1. The van der Waals surface area contributed by atoms with E-state index in [4.69, 9.17) is 10.5 Å². The number of nitrogens with two attached hydrogens (primary N) is 1. The Balaban J connectivity index is 2.08. The van der Waals surface area contributed by atoms with Gasteiger partial charge in [0.15, 0.2) is 0 Å². The highest BCUT2D eigenvalue weighted by Gasteiger charge is 2.05. The molecule has 0 aliphatic carbocycles. The first-order valence-electron chi connectivity index (χ1n) is 6.65. The van der Waals surface area contributed by atoms with Gasteiger partial charge in [0.25, 0.3) is 0 Å². The van der Waals surface area contributed by atoms with Crippen molar-refractivity contribution in [1.29, 1.82) is 0 Å². The molecular formula is C16H21N3O. The van der Waals surface area contributed by atoms with Crippen LogP contribution in [-0.2, 0) is 6.54 Å². The van der Waals surface area contributed by atoms with Crippen LogP contribution in [0.2, 0.25) is 0 Å². The number of ether oxygens (including phenoxy) is 1. The van der Waals surface area contributed by atoms with E-state index in [0.717, 1.165) is 23.7 Å². The van der Waals surface area contributed by atoms with Gasteiger partial charge < -0.3 is 15.4 Å². The maximum Gasteiger partial charge on any atom is 0.119 e. The molecule has 1 atom stereocenters. The van der Waals surface area contributed by atoms with Crippen molar-refractivity contribution < 1.29 is 4.74 Å². The second-order valence-corrected chi connectivity index (χ2v) is 4.94. The van der Waals surface area contributed by atoms with Gasteiger partial charge in [0.2, 0.25) is 0 Å². The summed E-state index contributed by atoms with van der Waals surface area (Å²) in [7, 11) is 3.72. The predicted octanol–water partition coefficient (Wildman–Crippen LogP) is 2.75. The fourth-order valence-electron chi connectivity index (χ4n) is 2.03. The minimum Gasteiger partial charge on any atom is -0.497 e. The van der Waals surface area contributed by atoms with Crippen molar-refractivity contribution in [3.8, 4) is 5.75 Å². The normalized spacial score (nSPS) is 12.0. The average molecular weight is 271 g/mol. The average Bonchev–Trinajstić information content (AvgIpc) is 2.47. The molecule has 0 aliphatic rings. The fraction of sp³-hybridized carbons (Fsp3) is 0.312. The van der Waals surface area contributed by atoms with Crippen LogP contribution in [0.3, 0.4) is 0 Å². The summed E-state index contributed by atoms with van der Waals surface area (Å²) in [5.74, 6) is 0.876. The molecule has 2 aromatic rings. The third-order valence-electron chi connectivity index (χ3n) is 3.23. The van der Waals surface area contributed by atoms with Gasteiger partial charge in [0.05, 0.1) is 24.7 Å². The van der Waals surface area contributed by atoms with E-state index in [1.165, 1.54) is 5.56 Å². The van der Waals surface area contributed by atoms with Crippen LogP contribution in [0.1, 0.15) is 24.2 Å². The SMILES string of the molecule is COc1cccc(CN(C)c2ccc(C(C)N)nc2)c1. The van der Waals surface area contributed by atoms with Gasteiger partial charge in [0, 0.05) is 19.6 Å². The standard InChI is InChI=1S/C16H21N3O/c1-12(17)16-8-7-14(10-18-16)19(2)11-13-5-4-6-15(9-13)20-3/h4-10,12H,11,17H2,1-3H3. The number of anilines is 1. The highest BCUT2D eigenvalue weighted by Crippen LogP contribution is 2.18. The van der Waals surface area contributed by atoms with E-state index in [-0.39, 0.29) is 6.04 Å². The second kappa shape index (κ2) is 6.39. The van der Waals surface area contributed by atoms with E-state index in [0.29, 0.717) is 0 Å². The highest BCUT2D eigenvalue weighted by atomic mass is 16.5. The first-order chi connectivity index (χ1) is 9.60. The number of methoxy groups -OCH3 is 1. The third kappa shape index (κ3) is 3.48. The van der Waals surface area contributed by atoms with Crippen LogP contribution in [-0.4, -0.2) is 19.1 Å². The summed E-state index contributed by atoms with van der Waals surface area (Å²) in [6.07, 6.45) is 1.86. The molecule has 2 N–H and O–H groups in total. The number of aromatic nitrogens is 1. The lowest BCUT2D eigenvalue weighted by Gasteiger charge is -2.20. The quantitative estimate of drug-likeness (QED) is 0.908. The van der Waals surface area contributed by atoms with Crippen LogP contribution in [0, 0.1) is 0 Å². The number of hydrogen-bond acceptors (Lipinski definition) is 4. The largest absolute Gasteiger partial charge is 0.497 e. The van der Waals surface area contributed by atoms with Crippen molar-refractivity contribution in [1.82, 2.24) is 4.98 Å². The van der Waals surface area contributed by atoms with Crippen molar-refractivity contribution in [3.63, 3.8) is 0 Å². The Kier molecular flexibility index (Phi) is 4.58. The van der Waals surface area contributed by atoms with Crippen molar-refractivity contribution in [2.45, 2.75) is 19.5 Å². The fourth-order valence-corrected chi connectivity index (χ4v) is 2.03. The highest BCUT2D eigenvalue weighted by molar-refractivity contribution is 5.45. The molecule has 1 heterocycles. The molecule has 4 heteroatoms. The Hall–Kier alpha value is -2.07. The maximum absolute atomic E-state index is 5.81. The van der Waals surface area contributed by atoms with Gasteiger partial charge in [-0.3, -0.25) is 4.98 Å². The molecule has 0 saturated heterocycles. The molecule has 1 aromatic heterocycles. The third-order valence-corrected chi connectivity index (χ3v) is 3.23. The second-order valence-electron chi connectivity index (χ2n) is 4.94. The van der Waals surface area contributed by atoms with Crippen molar-refractivity contribution >= 4 is 5.69 Å². The maximum atomic E-state index is 5.81. The minimum atomic E-state index is -0.0345. The number of rotatable bonds is 5. The van der Waals surface area contributed by atoms with E-state index < -0.39 is 0 Å². The molecule has 0 aliphatic heterocycles. The summed E-state index contributed by atoms with van der Waals surface area (Å²) in [6, 6.07) is 12.1. The molecule has 0 amide bonds. The first-order valence-corrected chi connectivity index (χ1v) is 6.65. The lowest BCUT2D eigenvalue weighted by atomic mass is 10.2. The van der Waals surface area contributed by atoms with Gasteiger partial charge in [-0.25, -0.2) is 0 Å². The molecule has 0 radical (unpaired) electrons. The first kappa shape index (κ1) is 14.3. The summed E-state index contributed by atoms with van der Waals surface area (Å²) in [4.78, 5) is 6.53. The number of nitrogens with zero attached hydrogens (tertiary/aromatic N) is 2. The summed E-state index contributed by atoms with van der Waals surface area (Å²) >= 11 is 0. The van der Waals surface area contributed by atoms with E-state index in [9.17, 15) is 0 Å². The van der Waals surface area contributed by atoms with E-state index >= 15 is 0 Å². The van der Waals surface area contributed by atoms with Gasteiger partial charge in [-0.2, -0.15) is 0 Å². The molecule has 0 spiro atoms. The minimum absolute atomic E-state index is 0.0345. The molecular weight excluding hydrogens is 250 g/mol. The van der Waals surface area contributed by atoms with E-state index in [1.54, 1.807) is 7.11 Å². The molecule has 4 nitrogen and oxygen atoms in total. The predicted molar refractivity (Wildman–Crippen MR) is 81.9 cm³/mol. The van der Waals surface area contributed by atoms with Crippen LogP contribution >= 0.6 is 0 Å². The van der Waals surface area contributed by atoms with E-state index in [2.05, 4.69) is 16.0 Å². The molecule has 1 unspecified atom stereocenters. The van der Waals surface area contributed by atoms with Crippen LogP contribution in [0.4, 0.5) is 5.69 Å². The van der Waals surface area contributed by atoms with Gasteiger partial charge >= 0.3 is 0 Å². The molecule has 2 rings (SSSR count). The van der Waals surface area contributed by atoms with Crippen molar-refractivity contribution in [3.05, 3.63) is 53.9 Å². The summed E-state index contributed by atoms with van der Waals surface area (Å²) in [6.45, 7) is 2.73. The Morgan fingerprint density at radius 3 is 2.70 bits per heavy atom. The van der Waals surface area contributed by atoms with Gasteiger partial charge in [0.1, 0.15) is 5.75 Å². The van der Waals surface area contributed by atoms with Crippen LogP contribution in [0.5, 0.6) is 5.75 Å². The smallest absolute Gasteiger partial charge is 0.119 e. The molecule has 0 bridgehead atoms. The Labute approximate surface area is 120 Å². The van der Waals surface area contributed by atoms with Crippen molar-refractivity contribution in [2.75, 3.05) is 19.1 Å². The zero-order valence-electron chi connectivity index (χ0n) is 12.2. The number of benzene rings is 1. The molecule has 106 valence electrons. The zero-order valence-corrected chi connectivity index (χ0v) is 12.2. The van der Waals surface area contributed by atoms with Gasteiger partial charge in [-0.15, -0.1) is 0 Å². The zero-order chi connectivity index (χ0) is 14.5. The van der Waals surface area contributed by atoms with Gasteiger partial charge in [-0.05, 0) is 36.8 Å². The summed E-state index contributed by atoms with van der Waals surface area (Å²) < 4.78 is 5.24. The molecule has 0 saturated carbocycles. The topological polar surface area (TPSA) is 51.4 Å². The Bertz CT molecular complexity index is 552. The van der Waals surface area contributed by atoms with Crippen LogP contribution < -0.4 is 15.4 Å². The van der Waals surface area contributed by atoms with Gasteiger partial charge in [-0.1, -0.05) is 12.1 Å². The molecule has 0 fully saturated rings. The molecule has 20 heavy (non-hydrogen) atoms. The monoisotopic (exact) mass is 271 g/mol. The Morgan fingerprint density at radius 2 is 2.10 bits per heavy atom. The van der Waals surface area contributed by atoms with E-state index in [1.807, 2.05) is 50.5 Å². The lowest BCUT2D eigenvalue weighted by Crippen LogP contribution is -2.17. The lowest BCUT2D eigenvalue weighted by molar-refractivity contribution is 0.414. The number of pyridine rings is 1.